The van der Waals surface area contributed by atoms with Crippen molar-refractivity contribution in [3.8, 4) is 0 Å². The smallest absolute Gasteiger partial charge is 0.315 e. The highest BCUT2D eigenvalue weighted by Crippen LogP contribution is 2.02. The lowest BCUT2D eigenvalue weighted by Crippen LogP contribution is -2.53. The molecule has 0 radical (unpaired) electrons. The number of carbonyl (C=O) groups excluding carboxylic acids is 3. The molecule has 0 saturated carbocycles. The van der Waals surface area contributed by atoms with Crippen LogP contribution in [0.3, 0.4) is 0 Å². The molecule has 2 atom stereocenters. The van der Waals surface area contributed by atoms with Crippen molar-refractivity contribution in [2.75, 3.05) is 0 Å². The minimum Gasteiger partial charge on any atom is -0.368 e. The number of benzene rings is 1. The van der Waals surface area contributed by atoms with Crippen molar-refractivity contribution < 1.29 is 18.8 Å². The molecule has 1 aromatic rings. The average molecular weight is 338 g/mol. The molecule has 132 valence electrons. The second kappa shape index (κ2) is 9.49. The Morgan fingerprint density at radius 2 is 1.79 bits per heavy atom. The van der Waals surface area contributed by atoms with Crippen LogP contribution in [0.4, 0.5) is 9.18 Å². The third-order valence-electron chi connectivity index (χ3n) is 3.35. The number of amides is 4. The Kier molecular flexibility index (Phi) is 7.67. The zero-order valence-electron chi connectivity index (χ0n) is 13.8. The number of urea groups is 1. The number of hydrogen-bond donors (Lipinski definition) is 4. The van der Waals surface area contributed by atoms with Crippen molar-refractivity contribution in [1.82, 2.24) is 16.0 Å². The van der Waals surface area contributed by atoms with Crippen molar-refractivity contribution in [1.29, 1.82) is 0 Å². The minimum atomic E-state index is -0.819. The highest BCUT2D eigenvalue weighted by molar-refractivity contribution is 5.91. The van der Waals surface area contributed by atoms with Gasteiger partial charge in [0.15, 0.2) is 0 Å². The molecule has 0 fully saturated rings. The van der Waals surface area contributed by atoms with E-state index in [2.05, 4.69) is 16.0 Å². The Bertz CT molecular complexity index is 577. The van der Waals surface area contributed by atoms with Gasteiger partial charge in [0.2, 0.25) is 11.8 Å². The van der Waals surface area contributed by atoms with Crippen molar-refractivity contribution in [3.05, 3.63) is 35.6 Å². The van der Waals surface area contributed by atoms with Crippen LogP contribution in [0.5, 0.6) is 0 Å². The van der Waals surface area contributed by atoms with Crippen LogP contribution in [0.1, 0.15) is 32.3 Å². The molecule has 24 heavy (non-hydrogen) atoms. The van der Waals surface area contributed by atoms with Crippen molar-refractivity contribution >= 4 is 17.8 Å². The van der Waals surface area contributed by atoms with Crippen LogP contribution in [-0.2, 0) is 16.1 Å². The molecule has 2 unspecified atom stereocenters. The van der Waals surface area contributed by atoms with Gasteiger partial charge in [-0.15, -0.1) is 0 Å². The van der Waals surface area contributed by atoms with Gasteiger partial charge in [0, 0.05) is 6.54 Å². The molecule has 1 aromatic carbocycles. The lowest BCUT2D eigenvalue weighted by Gasteiger charge is -2.20. The van der Waals surface area contributed by atoms with E-state index in [1.807, 2.05) is 6.92 Å². The van der Waals surface area contributed by atoms with Gasteiger partial charge in [-0.25, -0.2) is 9.18 Å². The van der Waals surface area contributed by atoms with Crippen LogP contribution in [0.25, 0.3) is 0 Å². The number of nitrogens with two attached hydrogens (primary N) is 1. The molecule has 0 aliphatic carbocycles. The van der Waals surface area contributed by atoms with Gasteiger partial charge in [-0.2, -0.15) is 0 Å². The van der Waals surface area contributed by atoms with Crippen molar-refractivity contribution in [2.24, 2.45) is 5.73 Å². The van der Waals surface area contributed by atoms with Gasteiger partial charge in [0.1, 0.15) is 17.9 Å². The number of carbonyl (C=O) groups is 3. The van der Waals surface area contributed by atoms with Gasteiger partial charge in [-0.1, -0.05) is 25.5 Å². The third-order valence-corrected chi connectivity index (χ3v) is 3.35. The highest BCUT2D eigenvalue weighted by atomic mass is 19.1. The lowest BCUT2D eigenvalue weighted by atomic mass is 10.1. The molecule has 5 N–H and O–H groups in total. The summed E-state index contributed by atoms with van der Waals surface area (Å²) in [7, 11) is 0. The Labute approximate surface area is 140 Å². The number of halogens is 1. The van der Waals surface area contributed by atoms with E-state index in [-0.39, 0.29) is 12.4 Å². The number of hydrogen-bond acceptors (Lipinski definition) is 3. The number of rotatable bonds is 8. The van der Waals surface area contributed by atoms with E-state index < -0.39 is 29.9 Å². The minimum absolute atomic E-state index is 0.199. The van der Waals surface area contributed by atoms with Gasteiger partial charge in [-0.05, 0) is 31.0 Å². The van der Waals surface area contributed by atoms with Crippen LogP contribution in [0, 0.1) is 5.82 Å². The van der Waals surface area contributed by atoms with Gasteiger partial charge in [-0.3, -0.25) is 9.59 Å². The fourth-order valence-electron chi connectivity index (χ4n) is 1.94. The third kappa shape index (κ3) is 6.64. The van der Waals surface area contributed by atoms with E-state index in [4.69, 9.17) is 5.73 Å². The predicted molar refractivity (Wildman–Crippen MR) is 87.3 cm³/mol. The van der Waals surface area contributed by atoms with Crippen molar-refractivity contribution in [2.45, 2.75) is 45.3 Å². The summed E-state index contributed by atoms with van der Waals surface area (Å²) in [5.74, 6) is -1.48. The van der Waals surface area contributed by atoms with E-state index in [1.54, 1.807) is 12.1 Å². The summed E-state index contributed by atoms with van der Waals surface area (Å²) in [5, 5.41) is 7.60. The molecule has 0 bridgehead atoms. The fourth-order valence-corrected chi connectivity index (χ4v) is 1.94. The van der Waals surface area contributed by atoms with Crippen molar-refractivity contribution in [3.63, 3.8) is 0 Å². The monoisotopic (exact) mass is 338 g/mol. The van der Waals surface area contributed by atoms with Gasteiger partial charge >= 0.3 is 6.03 Å². The Morgan fingerprint density at radius 1 is 1.17 bits per heavy atom. The standard InChI is InChI=1S/C16H23FN4O3/c1-3-4-13(15(23)20-10(2)14(18)22)21-16(24)19-9-11-5-7-12(17)8-6-11/h5-8,10,13H,3-4,9H2,1-2H3,(H2,18,22)(H,20,23)(H2,19,21,24). The highest BCUT2D eigenvalue weighted by Gasteiger charge is 2.22. The molecule has 7 nitrogen and oxygen atoms in total. The molecule has 1 rings (SSSR count). The molecule has 8 heteroatoms. The van der Waals surface area contributed by atoms with Crippen LogP contribution in [-0.4, -0.2) is 29.9 Å². The largest absolute Gasteiger partial charge is 0.368 e. The van der Waals surface area contributed by atoms with E-state index in [1.165, 1.54) is 19.1 Å². The second-order valence-corrected chi connectivity index (χ2v) is 5.43. The fraction of sp³-hybridized carbons (Fsp3) is 0.438. The zero-order chi connectivity index (χ0) is 18.1. The Morgan fingerprint density at radius 3 is 2.33 bits per heavy atom. The van der Waals surface area contributed by atoms with Crippen LogP contribution in [0.15, 0.2) is 24.3 Å². The average Bonchev–Trinajstić information content (AvgIpc) is 2.53. The molecule has 0 aromatic heterocycles. The van der Waals surface area contributed by atoms with Crippen LogP contribution in [0.2, 0.25) is 0 Å². The molecule has 4 amide bonds. The number of nitrogens with one attached hydrogen (secondary N) is 3. The van der Waals surface area contributed by atoms with E-state index in [0.717, 1.165) is 5.56 Å². The number of primary amides is 1. The normalized spacial score (nSPS) is 12.8. The zero-order valence-corrected chi connectivity index (χ0v) is 13.8. The Balaban J connectivity index is 2.53. The first-order valence-corrected chi connectivity index (χ1v) is 7.72. The SMILES string of the molecule is CCCC(NC(=O)NCc1ccc(F)cc1)C(=O)NC(C)C(N)=O. The maximum atomic E-state index is 12.8. The summed E-state index contributed by atoms with van der Waals surface area (Å²) >= 11 is 0. The molecule has 0 heterocycles. The summed E-state index contributed by atoms with van der Waals surface area (Å²) in [6, 6.07) is 3.59. The molecular formula is C16H23FN4O3. The lowest BCUT2D eigenvalue weighted by molar-refractivity contribution is -0.128. The topological polar surface area (TPSA) is 113 Å². The maximum absolute atomic E-state index is 12.8. The van der Waals surface area contributed by atoms with E-state index >= 15 is 0 Å². The first kappa shape index (κ1) is 19.4. The molecule has 0 saturated heterocycles. The summed E-state index contributed by atoms with van der Waals surface area (Å²) < 4.78 is 12.8. The summed E-state index contributed by atoms with van der Waals surface area (Å²) in [4.78, 5) is 35.0. The second-order valence-electron chi connectivity index (χ2n) is 5.43. The summed E-state index contributed by atoms with van der Waals surface area (Å²) in [6.07, 6.45) is 1.09. The van der Waals surface area contributed by atoms with E-state index in [0.29, 0.717) is 12.8 Å². The maximum Gasteiger partial charge on any atom is 0.315 e. The predicted octanol–water partition coefficient (Wildman–Crippen LogP) is 0.784. The first-order valence-electron chi connectivity index (χ1n) is 7.72. The van der Waals surface area contributed by atoms with Gasteiger partial charge in [0.25, 0.3) is 0 Å². The molecule has 0 aliphatic heterocycles. The quantitative estimate of drug-likeness (QED) is 0.562. The molecular weight excluding hydrogens is 315 g/mol. The van der Waals surface area contributed by atoms with Crippen LogP contribution >= 0.6 is 0 Å². The van der Waals surface area contributed by atoms with Gasteiger partial charge in [0.05, 0.1) is 0 Å². The summed E-state index contributed by atoms with van der Waals surface area (Å²) in [6.45, 7) is 3.54. The van der Waals surface area contributed by atoms with Crippen LogP contribution < -0.4 is 21.7 Å². The Hall–Kier alpha value is -2.64. The molecule has 0 aliphatic rings. The van der Waals surface area contributed by atoms with E-state index in [9.17, 15) is 18.8 Å². The molecule has 0 spiro atoms. The summed E-state index contributed by atoms with van der Waals surface area (Å²) in [5.41, 5.74) is 5.83. The first-order chi connectivity index (χ1) is 11.3. The van der Waals surface area contributed by atoms with Gasteiger partial charge < -0.3 is 21.7 Å².